The van der Waals surface area contributed by atoms with Gasteiger partial charge in [0.2, 0.25) is 0 Å². The average Bonchev–Trinajstić information content (AvgIpc) is 2.97. The highest BCUT2D eigenvalue weighted by Crippen LogP contribution is 2.26. The summed E-state index contributed by atoms with van der Waals surface area (Å²) < 4.78 is 2.17. The summed E-state index contributed by atoms with van der Waals surface area (Å²) in [6.07, 6.45) is 6.21. The number of nitriles is 1. The standard InChI is InChI=1S/C25H31N3O/c1-16-10-11-23(12-18(16)3)28-19(4)13-21(20(28)5)14-22(15-26)25(29)27-24-9-7-6-8-17(24)2/h10-14,17,24H,6-9H2,1-5H3,(H,27,29)/b22-14+/t17-,24-/m1/s1. The van der Waals surface area contributed by atoms with Crippen LogP contribution in [0, 0.1) is 44.9 Å². The summed E-state index contributed by atoms with van der Waals surface area (Å²) in [5, 5.41) is 12.7. The molecule has 1 saturated carbocycles. The third-order valence-electron chi connectivity index (χ3n) is 6.31. The molecule has 152 valence electrons. The Bertz CT molecular complexity index is 990. The average molecular weight is 390 g/mol. The fourth-order valence-corrected chi connectivity index (χ4v) is 4.28. The van der Waals surface area contributed by atoms with Crippen LogP contribution < -0.4 is 5.32 Å². The zero-order valence-electron chi connectivity index (χ0n) is 18.2. The van der Waals surface area contributed by atoms with E-state index in [2.05, 4.69) is 61.8 Å². The van der Waals surface area contributed by atoms with Crippen LogP contribution in [0.25, 0.3) is 11.8 Å². The van der Waals surface area contributed by atoms with E-state index in [0.29, 0.717) is 5.92 Å². The van der Waals surface area contributed by atoms with Gasteiger partial charge in [0.15, 0.2) is 0 Å². The van der Waals surface area contributed by atoms with E-state index in [1.807, 2.05) is 13.0 Å². The largest absolute Gasteiger partial charge is 0.348 e. The van der Waals surface area contributed by atoms with Gasteiger partial charge in [-0.2, -0.15) is 5.26 Å². The lowest BCUT2D eigenvalue weighted by Gasteiger charge is -2.29. The first-order chi connectivity index (χ1) is 13.8. The van der Waals surface area contributed by atoms with E-state index in [-0.39, 0.29) is 17.5 Å². The first kappa shape index (κ1) is 20.9. The number of carbonyl (C=O) groups is 1. The van der Waals surface area contributed by atoms with Crippen LogP contribution in [0.4, 0.5) is 0 Å². The minimum atomic E-state index is -0.262. The highest BCUT2D eigenvalue weighted by atomic mass is 16.1. The number of hydrogen-bond donors (Lipinski definition) is 1. The maximum atomic E-state index is 12.7. The van der Waals surface area contributed by atoms with Crippen LogP contribution in [-0.4, -0.2) is 16.5 Å². The van der Waals surface area contributed by atoms with E-state index in [4.69, 9.17) is 0 Å². The molecule has 2 aromatic rings. The zero-order chi connectivity index (χ0) is 21.1. The van der Waals surface area contributed by atoms with E-state index in [1.165, 1.54) is 17.5 Å². The number of benzene rings is 1. The Morgan fingerprint density at radius 3 is 2.52 bits per heavy atom. The smallest absolute Gasteiger partial charge is 0.262 e. The highest BCUT2D eigenvalue weighted by Gasteiger charge is 2.24. The van der Waals surface area contributed by atoms with Gasteiger partial charge >= 0.3 is 0 Å². The summed E-state index contributed by atoms with van der Waals surface area (Å²) in [7, 11) is 0. The molecule has 1 heterocycles. The Hall–Kier alpha value is -2.80. The van der Waals surface area contributed by atoms with Crippen molar-refractivity contribution in [2.75, 3.05) is 0 Å². The number of aryl methyl sites for hydroxylation is 3. The number of amides is 1. The van der Waals surface area contributed by atoms with E-state index < -0.39 is 0 Å². The van der Waals surface area contributed by atoms with Gasteiger partial charge in [0, 0.05) is 23.1 Å². The van der Waals surface area contributed by atoms with Crippen LogP contribution in [0.2, 0.25) is 0 Å². The molecule has 0 saturated heterocycles. The number of carbonyl (C=O) groups excluding carboxylic acids is 1. The highest BCUT2D eigenvalue weighted by molar-refractivity contribution is 6.02. The number of aromatic nitrogens is 1. The molecule has 0 unspecified atom stereocenters. The number of rotatable bonds is 4. The van der Waals surface area contributed by atoms with Crippen LogP contribution in [-0.2, 0) is 4.79 Å². The van der Waals surface area contributed by atoms with Gasteiger partial charge in [-0.1, -0.05) is 25.8 Å². The second kappa shape index (κ2) is 8.69. The summed E-state index contributed by atoms with van der Waals surface area (Å²) in [5.41, 5.74) is 6.78. The maximum Gasteiger partial charge on any atom is 0.262 e. The van der Waals surface area contributed by atoms with Crippen molar-refractivity contribution in [3.05, 3.63) is 57.9 Å². The molecule has 1 aliphatic carbocycles. The van der Waals surface area contributed by atoms with Crippen molar-refractivity contribution in [1.29, 1.82) is 5.26 Å². The Labute approximate surface area is 174 Å². The molecule has 4 nitrogen and oxygen atoms in total. The van der Waals surface area contributed by atoms with Crippen molar-refractivity contribution >= 4 is 12.0 Å². The van der Waals surface area contributed by atoms with Crippen molar-refractivity contribution in [2.24, 2.45) is 5.92 Å². The molecular formula is C25H31N3O. The molecule has 1 amide bonds. The quantitative estimate of drug-likeness (QED) is 0.569. The van der Waals surface area contributed by atoms with Crippen molar-refractivity contribution in [1.82, 2.24) is 9.88 Å². The molecule has 1 aromatic heterocycles. The molecule has 1 aromatic carbocycles. The summed E-state index contributed by atoms with van der Waals surface area (Å²) in [6, 6.07) is 10.7. The summed E-state index contributed by atoms with van der Waals surface area (Å²) >= 11 is 0. The van der Waals surface area contributed by atoms with E-state index in [1.54, 1.807) is 6.08 Å². The van der Waals surface area contributed by atoms with Crippen LogP contribution >= 0.6 is 0 Å². The predicted molar refractivity (Wildman–Crippen MR) is 118 cm³/mol. The minimum Gasteiger partial charge on any atom is -0.348 e. The number of nitrogens with one attached hydrogen (secondary N) is 1. The molecule has 29 heavy (non-hydrogen) atoms. The van der Waals surface area contributed by atoms with Gasteiger partial charge in [0.1, 0.15) is 11.6 Å². The fourth-order valence-electron chi connectivity index (χ4n) is 4.28. The Balaban J connectivity index is 1.89. The third-order valence-corrected chi connectivity index (χ3v) is 6.31. The lowest BCUT2D eigenvalue weighted by atomic mass is 9.86. The molecule has 4 heteroatoms. The van der Waals surface area contributed by atoms with Crippen molar-refractivity contribution in [2.45, 2.75) is 66.3 Å². The third kappa shape index (κ3) is 4.45. The molecule has 0 aliphatic heterocycles. The van der Waals surface area contributed by atoms with Crippen molar-refractivity contribution < 1.29 is 4.79 Å². The Morgan fingerprint density at radius 1 is 1.14 bits per heavy atom. The first-order valence-electron chi connectivity index (χ1n) is 10.5. The van der Waals surface area contributed by atoms with E-state index >= 15 is 0 Å². The lowest BCUT2D eigenvalue weighted by molar-refractivity contribution is -0.118. The van der Waals surface area contributed by atoms with E-state index in [9.17, 15) is 10.1 Å². The van der Waals surface area contributed by atoms with Crippen LogP contribution in [0.1, 0.15) is 60.7 Å². The summed E-state index contributed by atoms with van der Waals surface area (Å²) in [6.45, 7) is 10.5. The minimum absolute atomic E-state index is 0.163. The Morgan fingerprint density at radius 2 is 1.86 bits per heavy atom. The monoisotopic (exact) mass is 389 g/mol. The van der Waals surface area contributed by atoms with Gasteiger partial charge in [-0.25, -0.2) is 0 Å². The number of nitrogens with zero attached hydrogens (tertiary/aromatic N) is 2. The number of hydrogen-bond acceptors (Lipinski definition) is 2. The van der Waals surface area contributed by atoms with Gasteiger partial charge in [-0.15, -0.1) is 0 Å². The molecule has 2 atom stereocenters. The SMILES string of the molecule is Cc1ccc(-n2c(C)cc(/C=C(\C#N)C(=O)N[C@@H]3CCCC[C@H]3C)c2C)cc1C. The van der Waals surface area contributed by atoms with Gasteiger partial charge in [0.05, 0.1) is 0 Å². The summed E-state index contributed by atoms with van der Waals surface area (Å²) in [5.74, 6) is 0.199. The van der Waals surface area contributed by atoms with Crippen LogP contribution in [0.3, 0.4) is 0 Å². The molecule has 1 fully saturated rings. The normalized spacial score (nSPS) is 19.7. The second-order valence-corrected chi connectivity index (χ2v) is 8.44. The molecule has 3 rings (SSSR count). The fraction of sp³-hybridized carbons (Fsp3) is 0.440. The van der Waals surface area contributed by atoms with Gasteiger partial charge in [0.25, 0.3) is 5.91 Å². The second-order valence-electron chi connectivity index (χ2n) is 8.44. The van der Waals surface area contributed by atoms with Crippen molar-refractivity contribution in [3.63, 3.8) is 0 Å². The summed E-state index contributed by atoms with van der Waals surface area (Å²) in [4.78, 5) is 12.7. The molecule has 0 radical (unpaired) electrons. The maximum absolute atomic E-state index is 12.7. The first-order valence-corrected chi connectivity index (χ1v) is 10.5. The molecule has 0 bridgehead atoms. The molecule has 1 N–H and O–H groups in total. The zero-order valence-corrected chi connectivity index (χ0v) is 18.2. The van der Waals surface area contributed by atoms with Gasteiger partial charge < -0.3 is 9.88 Å². The topological polar surface area (TPSA) is 57.8 Å². The Kier molecular flexibility index (Phi) is 6.27. The van der Waals surface area contributed by atoms with Crippen molar-refractivity contribution in [3.8, 4) is 11.8 Å². The molecule has 1 aliphatic rings. The van der Waals surface area contributed by atoms with Crippen LogP contribution in [0.5, 0.6) is 0 Å². The lowest BCUT2D eigenvalue weighted by Crippen LogP contribution is -2.41. The molecular weight excluding hydrogens is 358 g/mol. The predicted octanol–water partition coefficient (Wildman–Crippen LogP) is 5.31. The van der Waals surface area contributed by atoms with Gasteiger partial charge in [-0.05, 0) is 87.4 Å². The van der Waals surface area contributed by atoms with Crippen LogP contribution in [0.15, 0.2) is 29.8 Å². The van der Waals surface area contributed by atoms with Gasteiger partial charge in [-0.3, -0.25) is 4.79 Å². The van der Waals surface area contributed by atoms with E-state index in [0.717, 1.165) is 41.9 Å². The molecule has 0 spiro atoms.